The van der Waals surface area contributed by atoms with E-state index in [1.54, 1.807) is 6.92 Å². The van der Waals surface area contributed by atoms with E-state index in [0.717, 1.165) is 0 Å². The summed E-state index contributed by atoms with van der Waals surface area (Å²) in [7, 11) is 0. The monoisotopic (exact) mass is 188 g/mol. The molecular formula is C5H7O2Y-. The molecule has 1 radical (unpaired) electrons. The molecule has 0 aliphatic carbocycles. The molecule has 0 heterocycles. The van der Waals surface area contributed by atoms with Crippen LogP contribution in [0.3, 0.4) is 0 Å². The summed E-state index contributed by atoms with van der Waals surface area (Å²) >= 11 is 0. The first-order valence-electron chi connectivity index (χ1n) is 2.01. The van der Waals surface area contributed by atoms with E-state index < -0.39 is 5.97 Å². The molecule has 0 aromatic heterocycles. The van der Waals surface area contributed by atoms with Gasteiger partial charge in [-0.2, -0.15) is 0 Å². The zero-order valence-corrected chi connectivity index (χ0v) is 7.65. The Bertz CT molecular complexity index is 80.5. The van der Waals surface area contributed by atoms with Crippen molar-refractivity contribution >= 4 is 5.97 Å². The van der Waals surface area contributed by atoms with Crippen molar-refractivity contribution in [3.63, 3.8) is 0 Å². The maximum absolute atomic E-state index is 10.0. The van der Waals surface area contributed by atoms with Gasteiger partial charge < -0.3 is 10.8 Å². The van der Waals surface area contributed by atoms with E-state index in [9.17, 15) is 4.79 Å². The minimum atomic E-state index is -0.484. The molecule has 0 aliphatic heterocycles. The average Bonchev–Trinajstić information content (AvgIpc) is 1.68. The first-order valence-corrected chi connectivity index (χ1v) is 2.01. The minimum Gasteiger partial charge on any atom is -0.490 e. The number of carbonyl (C=O) groups is 1. The predicted molar refractivity (Wildman–Crippen MR) is 25.5 cm³/mol. The van der Waals surface area contributed by atoms with Gasteiger partial charge in [0.1, 0.15) is 5.97 Å². The van der Waals surface area contributed by atoms with Crippen LogP contribution in [0.15, 0.2) is 6.58 Å². The summed E-state index contributed by atoms with van der Waals surface area (Å²) in [6, 6.07) is 0. The van der Waals surface area contributed by atoms with Crippen LogP contribution >= 0.6 is 0 Å². The standard InChI is InChI=1S/C5H7O2.Y/c1-3-5(6)7-4-2;/h1,4H2,2H3;/q-1;. The van der Waals surface area contributed by atoms with E-state index in [4.69, 9.17) is 0 Å². The molecule has 0 aromatic rings. The largest absolute Gasteiger partial charge is 0.490 e. The van der Waals surface area contributed by atoms with Crippen molar-refractivity contribution in [2.24, 2.45) is 0 Å². The predicted octanol–water partition coefficient (Wildman–Crippen LogP) is 0.536. The van der Waals surface area contributed by atoms with Gasteiger partial charge in [0.05, 0.1) is 6.61 Å². The second kappa shape index (κ2) is 7.31. The summed E-state index contributed by atoms with van der Waals surface area (Å²) < 4.78 is 4.38. The Labute approximate surface area is 74.2 Å². The smallest absolute Gasteiger partial charge is 0.147 e. The van der Waals surface area contributed by atoms with E-state index in [1.807, 2.05) is 0 Å². The van der Waals surface area contributed by atoms with Crippen LogP contribution in [0.1, 0.15) is 6.92 Å². The molecule has 0 atom stereocenters. The third-order valence-electron chi connectivity index (χ3n) is 0.420. The molecule has 0 bridgehead atoms. The van der Waals surface area contributed by atoms with Crippen LogP contribution < -0.4 is 0 Å². The summed E-state index contributed by atoms with van der Waals surface area (Å²) in [5.41, 5.74) is 0. The van der Waals surface area contributed by atoms with E-state index >= 15 is 0 Å². The molecule has 0 spiro atoms. The van der Waals surface area contributed by atoms with Crippen molar-refractivity contribution in [1.82, 2.24) is 0 Å². The molecule has 0 saturated heterocycles. The van der Waals surface area contributed by atoms with Gasteiger partial charge in [0, 0.05) is 32.7 Å². The zero-order valence-electron chi connectivity index (χ0n) is 4.81. The first-order chi connectivity index (χ1) is 3.31. The van der Waals surface area contributed by atoms with E-state index in [2.05, 4.69) is 17.4 Å². The van der Waals surface area contributed by atoms with Gasteiger partial charge in [-0.1, -0.05) is 0 Å². The third-order valence-corrected chi connectivity index (χ3v) is 0.420. The SMILES string of the molecule is C=[C-]C(=O)OCC.[Y]. The van der Waals surface area contributed by atoms with Gasteiger partial charge in [0.15, 0.2) is 0 Å². The van der Waals surface area contributed by atoms with Gasteiger partial charge in [-0.15, -0.1) is 0 Å². The van der Waals surface area contributed by atoms with Crippen molar-refractivity contribution in [1.29, 1.82) is 0 Å². The maximum Gasteiger partial charge on any atom is 0.147 e. The quantitative estimate of drug-likeness (QED) is 0.359. The van der Waals surface area contributed by atoms with Crippen molar-refractivity contribution in [3.05, 3.63) is 12.7 Å². The van der Waals surface area contributed by atoms with Crippen LogP contribution in [0.2, 0.25) is 0 Å². The molecule has 8 heavy (non-hydrogen) atoms. The second-order valence-corrected chi connectivity index (χ2v) is 0.897. The molecule has 0 amide bonds. The Morgan fingerprint density at radius 1 is 1.88 bits per heavy atom. The van der Waals surface area contributed by atoms with Gasteiger partial charge in [0.25, 0.3) is 0 Å². The molecule has 0 unspecified atom stereocenters. The number of carbonyl (C=O) groups excluding carboxylic acids is 1. The zero-order chi connectivity index (χ0) is 5.70. The average molecular weight is 188 g/mol. The van der Waals surface area contributed by atoms with Crippen LogP contribution in [-0.2, 0) is 42.2 Å². The first kappa shape index (κ1) is 11.2. The third kappa shape index (κ3) is 6.31. The van der Waals surface area contributed by atoms with Crippen LogP contribution in [0.5, 0.6) is 0 Å². The van der Waals surface area contributed by atoms with Gasteiger partial charge in [0.2, 0.25) is 0 Å². The summed E-state index contributed by atoms with van der Waals surface area (Å²) in [5.74, 6) is -0.484. The van der Waals surface area contributed by atoms with Gasteiger partial charge in [-0.05, 0) is 6.92 Å². The Morgan fingerprint density at radius 3 is 2.50 bits per heavy atom. The van der Waals surface area contributed by atoms with Crippen molar-refractivity contribution in [2.75, 3.05) is 6.61 Å². The van der Waals surface area contributed by atoms with Gasteiger partial charge >= 0.3 is 0 Å². The maximum atomic E-state index is 10.0. The van der Waals surface area contributed by atoms with Crippen LogP contribution in [0.4, 0.5) is 0 Å². The van der Waals surface area contributed by atoms with Crippen LogP contribution in [0, 0.1) is 6.08 Å². The number of ether oxygens (including phenoxy) is 1. The number of hydrogen-bond acceptors (Lipinski definition) is 2. The Morgan fingerprint density at radius 2 is 2.38 bits per heavy atom. The van der Waals surface area contributed by atoms with Gasteiger partial charge in [-0.25, -0.2) is 0 Å². The Hall–Kier alpha value is 0.314. The molecule has 0 N–H and O–H groups in total. The minimum absolute atomic E-state index is 0. The number of rotatable bonds is 2. The summed E-state index contributed by atoms with van der Waals surface area (Å²) in [6.45, 7) is 5.20. The molecule has 0 fully saturated rings. The molecule has 43 valence electrons. The van der Waals surface area contributed by atoms with Crippen LogP contribution in [-0.4, -0.2) is 12.6 Å². The van der Waals surface area contributed by atoms with E-state index in [0.29, 0.717) is 6.61 Å². The summed E-state index contributed by atoms with van der Waals surface area (Å²) in [4.78, 5) is 10.0. The molecule has 2 nitrogen and oxygen atoms in total. The fraction of sp³-hybridized carbons (Fsp3) is 0.400. The van der Waals surface area contributed by atoms with E-state index in [-0.39, 0.29) is 32.7 Å². The fourth-order valence-corrected chi connectivity index (χ4v) is 0.182. The normalized spacial score (nSPS) is 6.62. The van der Waals surface area contributed by atoms with Crippen molar-refractivity contribution < 1.29 is 42.2 Å². The topological polar surface area (TPSA) is 26.3 Å². The van der Waals surface area contributed by atoms with Gasteiger partial charge in [-0.3, -0.25) is 11.4 Å². The summed E-state index contributed by atoms with van der Waals surface area (Å²) in [6.07, 6.45) is 2.05. The molecule has 0 rings (SSSR count). The summed E-state index contributed by atoms with van der Waals surface area (Å²) in [5, 5.41) is 0. The number of hydrogen-bond donors (Lipinski definition) is 0. The molecule has 0 aromatic carbocycles. The van der Waals surface area contributed by atoms with E-state index in [1.165, 1.54) is 0 Å². The molecular weight excluding hydrogens is 181 g/mol. The molecule has 3 heteroatoms. The molecule has 0 aliphatic rings. The van der Waals surface area contributed by atoms with Crippen molar-refractivity contribution in [2.45, 2.75) is 6.92 Å². The fourth-order valence-electron chi connectivity index (χ4n) is 0.182. The van der Waals surface area contributed by atoms with Crippen LogP contribution in [0.25, 0.3) is 0 Å². The van der Waals surface area contributed by atoms with Crippen molar-refractivity contribution in [3.8, 4) is 0 Å². The second-order valence-electron chi connectivity index (χ2n) is 0.897. The number of esters is 1. The Kier molecular flexibility index (Phi) is 10.2. The Balaban J connectivity index is 0. The molecule has 0 saturated carbocycles.